The Morgan fingerprint density at radius 2 is 1.19 bits per heavy atom. The summed E-state index contributed by atoms with van der Waals surface area (Å²) in [6.07, 6.45) is 0.970. The van der Waals surface area contributed by atoms with Crippen molar-refractivity contribution in [3.05, 3.63) is 121 Å². The van der Waals surface area contributed by atoms with E-state index in [4.69, 9.17) is 0 Å². The highest BCUT2D eigenvalue weighted by atomic mass is 31.1. The van der Waals surface area contributed by atoms with E-state index in [2.05, 4.69) is 59.6 Å². The largest absolute Gasteiger partial charge is 0.382 e. The van der Waals surface area contributed by atoms with Crippen LogP contribution in [0.15, 0.2) is 109 Å². The molecule has 1 heterocycles. The summed E-state index contributed by atoms with van der Waals surface area (Å²) in [7, 11) is -0.777. The molecule has 0 bridgehead atoms. The summed E-state index contributed by atoms with van der Waals surface area (Å²) in [5.41, 5.74) is 1.58. The molecule has 0 fully saturated rings. The van der Waals surface area contributed by atoms with E-state index >= 15 is 0 Å². The van der Waals surface area contributed by atoms with Crippen LogP contribution in [0, 0.1) is 0 Å². The molecule has 2 nitrogen and oxygen atoms in total. The monoisotopic (exact) mass is 369 g/mol. The number of rotatable bonds is 5. The Morgan fingerprint density at radius 3 is 1.78 bits per heavy atom. The second-order valence-electron chi connectivity index (χ2n) is 6.22. The summed E-state index contributed by atoms with van der Waals surface area (Å²) in [5, 5.41) is 14.7. The van der Waals surface area contributed by atoms with Crippen molar-refractivity contribution in [3.8, 4) is 0 Å². The smallest absolute Gasteiger partial charge is 0.122 e. The maximum atomic E-state index is 11.1. The van der Waals surface area contributed by atoms with Gasteiger partial charge >= 0.3 is 0 Å². The molecular formula is C24H20NOP. The average Bonchev–Trinajstić information content (AvgIpc) is 2.76. The zero-order chi connectivity index (χ0) is 18.5. The molecule has 3 heteroatoms. The van der Waals surface area contributed by atoms with E-state index in [1.54, 1.807) is 6.20 Å². The van der Waals surface area contributed by atoms with Crippen molar-refractivity contribution in [1.82, 2.24) is 4.98 Å². The Balaban J connectivity index is 1.87. The van der Waals surface area contributed by atoms with Gasteiger partial charge < -0.3 is 5.11 Å². The number of aliphatic hydroxyl groups excluding tert-OH is 1. The van der Waals surface area contributed by atoms with E-state index in [-0.39, 0.29) is 0 Å². The minimum atomic E-state index is -0.777. The lowest BCUT2D eigenvalue weighted by atomic mass is 10.1. The average molecular weight is 369 g/mol. The van der Waals surface area contributed by atoms with Crippen LogP contribution in [0.2, 0.25) is 0 Å². The van der Waals surface area contributed by atoms with Gasteiger partial charge in [0.1, 0.15) is 6.10 Å². The van der Waals surface area contributed by atoms with Crippen LogP contribution in [0.1, 0.15) is 17.4 Å². The number of hydrogen-bond donors (Lipinski definition) is 1. The summed E-state index contributed by atoms with van der Waals surface area (Å²) >= 11 is 0. The number of aromatic nitrogens is 1. The third kappa shape index (κ3) is 3.83. The minimum absolute atomic E-state index is 0.668. The predicted molar refractivity (Wildman–Crippen MR) is 113 cm³/mol. The fraction of sp³-hybridized carbons (Fsp3) is 0.0417. The standard InChI is InChI=1S/C24H20NOP/c26-24(22-16-9-10-18-25-22)21-15-7-8-17-23(21)27(19-11-3-1-4-12-19)20-13-5-2-6-14-20/h1-18,24,26H/t24-/m1/s1. The minimum Gasteiger partial charge on any atom is -0.382 e. The van der Waals surface area contributed by atoms with Gasteiger partial charge in [0.15, 0.2) is 0 Å². The zero-order valence-electron chi connectivity index (χ0n) is 14.8. The van der Waals surface area contributed by atoms with Crippen molar-refractivity contribution in [2.45, 2.75) is 6.10 Å². The van der Waals surface area contributed by atoms with Crippen molar-refractivity contribution >= 4 is 23.8 Å². The van der Waals surface area contributed by atoms with E-state index < -0.39 is 14.0 Å². The van der Waals surface area contributed by atoms with Crippen LogP contribution in [0.4, 0.5) is 0 Å². The lowest BCUT2D eigenvalue weighted by molar-refractivity contribution is 0.216. The van der Waals surface area contributed by atoms with Crippen LogP contribution in [-0.2, 0) is 0 Å². The summed E-state index contributed by atoms with van der Waals surface area (Å²) in [4.78, 5) is 4.36. The van der Waals surface area contributed by atoms with Gasteiger partial charge in [-0.25, -0.2) is 0 Å². The Kier molecular flexibility index (Phi) is 5.39. The van der Waals surface area contributed by atoms with Crippen LogP contribution in [0.5, 0.6) is 0 Å². The van der Waals surface area contributed by atoms with Gasteiger partial charge in [0.05, 0.1) is 5.69 Å². The molecule has 132 valence electrons. The van der Waals surface area contributed by atoms with E-state index in [9.17, 15) is 5.11 Å². The lowest BCUT2D eigenvalue weighted by Crippen LogP contribution is -2.25. The molecule has 0 spiro atoms. The number of hydrogen-bond acceptors (Lipinski definition) is 2. The molecule has 3 aromatic carbocycles. The van der Waals surface area contributed by atoms with Crippen molar-refractivity contribution in [3.63, 3.8) is 0 Å². The predicted octanol–water partition coefficient (Wildman–Crippen LogP) is 3.92. The second-order valence-corrected chi connectivity index (χ2v) is 8.41. The summed E-state index contributed by atoms with van der Waals surface area (Å²) < 4.78 is 0. The van der Waals surface area contributed by atoms with E-state index in [1.807, 2.05) is 48.5 Å². The van der Waals surface area contributed by atoms with E-state index in [0.717, 1.165) is 10.9 Å². The third-order valence-corrected chi connectivity index (χ3v) is 6.99. The first-order valence-electron chi connectivity index (χ1n) is 8.93. The molecule has 1 atom stereocenters. The second kappa shape index (κ2) is 8.26. The van der Waals surface area contributed by atoms with Gasteiger partial charge in [0, 0.05) is 6.20 Å². The summed E-state index contributed by atoms with van der Waals surface area (Å²) in [6, 6.07) is 34.9. The Morgan fingerprint density at radius 1 is 0.630 bits per heavy atom. The quantitative estimate of drug-likeness (QED) is 0.541. The first-order chi connectivity index (χ1) is 13.3. The molecule has 0 unspecified atom stereocenters. The lowest BCUT2D eigenvalue weighted by Gasteiger charge is -2.24. The van der Waals surface area contributed by atoms with Gasteiger partial charge in [0.25, 0.3) is 0 Å². The Hall–Kier alpha value is -2.80. The zero-order valence-corrected chi connectivity index (χ0v) is 15.7. The molecule has 4 aromatic rings. The fourth-order valence-electron chi connectivity index (χ4n) is 3.20. The maximum absolute atomic E-state index is 11.1. The molecule has 0 aliphatic rings. The highest BCUT2D eigenvalue weighted by Gasteiger charge is 2.23. The molecule has 27 heavy (non-hydrogen) atoms. The number of aliphatic hydroxyl groups is 1. The molecule has 0 aliphatic heterocycles. The van der Waals surface area contributed by atoms with Crippen molar-refractivity contribution in [2.75, 3.05) is 0 Å². The number of benzene rings is 3. The van der Waals surface area contributed by atoms with Gasteiger partial charge in [0.2, 0.25) is 0 Å². The Bertz CT molecular complexity index is 951. The SMILES string of the molecule is O[C@@H](c1ccccn1)c1ccccc1P(c1ccccc1)c1ccccc1. The van der Waals surface area contributed by atoms with Crippen LogP contribution >= 0.6 is 7.92 Å². The number of nitrogens with zero attached hydrogens (tertiary/aromatic N) is 1. The van der Waals surface area contributed by atoms with Crippen molar-refractivity contribution in [2.24, 2.45) is 0 Å². The van der Waals surface area contributed by atoms with E-state index in [0.29, 0.717) is 5.69 Å². The van der Waals surface area contributed by atoms with Gasteiger partial charge in [-0.15, -0.1) is 0 Å². The molecule has 1 aromatic heterocycles. The molecule has 0 amide bonds. The highest BCUT2D eigenvalue weighted by molar-refractivity contribution is 7.79. The van der Waals surface area contributed by atoms with Crippen LogP contribution in [0.25, 0.3) is 0 Å². The van der Waals surface area contributed by atoms with E-state index in [1.165, 1.54) is 10.6 Å². The van der Waals surface area contributed by atoms with Gasteiger partial charge in [-0.1, -0.05) is 91.0 Å². The summed E-state index contributed by atoms with van der Waals surface area (Å²) in [6.45, 7) is 0. The Labute approximate surface area is 160 Å². The first kappa shape index (κ1) is 17.6. The maximum Gasteiger partial charge on any atom is 0.122 e. The van der Waals surface area contributed by atoms with Crippen LogP contribution in [-0.4, -0.2) is 10.1 Å². The van der Waals surface area contributed by atoms with Gasteiger partial charge in [-0.3, -0.25) is 4.98 Å². The number of pyridine rings is 1. The molecule has 0 saturated carbocycles. The van der Waals surface area contributed by atoms with Gasteiger partial charge in [-0.2, -0.15) is 0 Å². The molecule has 1 N–H and O–H groups in total. The topological polar surface area (TPSA) is 33.1 Å². The molecule has 0 aliphatic carbocycles. The molecule has 0 saturated heterocycles. The van der Waals surface area contributed by atoms with Gasteiger partial charge in [-0.05, 0) is 41.5 Å². The summed E-state index contributed by atoms with van der Waals surface area (Å²) in [5.74, 6) is 0. The van der Waals surface area contributed by atoms with Crippen LogP contribution < -0.4 is 15.9 Å². The molecule has 4 rings (SSSR count). The molecular weight excluding hydrogens is 349 g/mol. The third-order valence-electron chi connectivity index (χ3n) is 4.47. The first-order valence-corrected chi connectivity index (χ1v) is 10.3. The normalized spacial score (nSPS) is 12.1. The molecule has 0 radical (unpaired) electrons. The highest BCUT2D eigenvalue weighted by Crippen LogP contribution is 2.36. The van der Waals surface area contributed by atoms with Crippen molar-refractivity contribution in [1.29, 1.82) is 0 Å². The van der Waals surface area contributed by atoms with Crippen molar-refractivity contribution < 1.29 is 5.11 Å². The van der Waals surface area contributed by atoms with Crippen LogP contribution in [0.3, 0.4) is 0 Å². The fourth-order valence-corrected chi connectivity index (χ4v) is 5.69.